The van der Waals surface area contributed by atoms with Gasteiger partial charge in [0.1, 0.15) is 0 Å². The fraction of sp³-hybridized carbons (Fsp3) is 1.00. The van der Waals surface area contributed by atoms with Crippen molar-refractivity contribution in [3.8, 4) is 0 Å². The van der Waals surface area contributed by atoms with Crippen LogP contribution >= 0.6 is 0 Å². The second kappa shape index (κ2) is 7.37. The zero-order chi connectivity index (χ0) is 10.2. The molecule has 0 saturated heterocycles. The van der Waals surface area contributed by atoms with Gasteiger partial charge in [-0.1, -0.05) is 47.0 Å². The van der Waals surface area contributed by atoms with Gasteiger partial charge in [-0.15, -0.1) is 0 Å². The summed E-state index contributed by atoms with van der Waals surface area (Å²) in [6.07, 6.45) is 6.79. The lowest BCUT2D eigenvalue weighted by molar-refractivity contribution is 0.262. The SMILES string of the molecule is CCCCCC(C)(CC)CNCC. The number of rotatable bonds is 8. The number of hydrogen-bond donors (Lipinski definition) is 1. The van der Waals surface area contributed by atoms with E-state index in [9.17, 15) is 0 Å². The Morgan fingerprint density at radius 2 is 1.77 bits per heavy atom. The summed E-state index contributed by atoms with van der Waals surface area (Å²) in [5, 5.41) is 3.47. The molecule has 0 aromatic carbocycles. The highest BCUT2D eigenvalue weighted by Crippen LogP contribution is 2.27. The first-order valence-corrected chi connectivity index (χ1v) is 5.89. The minimum absolute atomic E-state index is 0.533. The molecule has 0 aromatic heterocycles. The third kappa shape index (κ3) is 6.09. The second-order valence-electron chi connectivity index (χ2n) is 4.40. The van der Waals surface area contributed by atoms with Gasteiger partial charge in [-0.2, -0.15) is 0 Å². The van der Waals surface area contributed by atoms with E-state index < -0.39 is 0 Å². The lowest BCUT2D eigenvalue weighted by atomic mass is 9.82. The maximum atomic E-state index is 3.47. The van der Waals surface area contributed by atoms with E-state index in [0.717, 1.165) is 6.54 Å². The molecule has 0 aliphatic rings. The van der Waals surface area contributed by atoms with Crippen LogP contribution in [0.1, 0.15) is 59.8 Å². The minimum atomic E-state index is 0.533. The molecule has 0 aromatic rings. The van der Waals surface area contributed by atoms with Crippen LogP contribution in [0.25, 0.3) is 0 Å². The predicted molar refractivity (Wildman–Crippen MR) is 61.1 cm³/mol. The van der Waals surface area contributed by atoms with E-state index in [2.05, 4.69) is 33.0 Å². The predicted octanol–water partition coefficient (Wildman–Crippen LogP) is 3.59. The Morgan fingerprint density at radius 3 is 2.23 bits per heavy atom. The zero-order valence-corrected chi connectivity index (χ0v) is 9.95. The van der Waals surface area contributed by atoms with Crippen LogP contribution in [0.4, 0.5) is 0 Å². The Balaban J connectivity index is 3.67. The Hall–Kier alpha value is -0.0400. The van der Waals surface area contributed by atoms with Gasteiger partial charge >= 0.3 is 0 Å². The third-order valence-electron chi connectivity index (χ3n) is 3.04. The average Bonchev–Trinajstić information content (AvgIpc) is 2.15. The van der Waals surface area contributed by atoms with E-state index in [-0.39, 0.29) is 0 Å². The molecule has 1 N–H and O–H groups in total. The van der Waals surface area contributed by atoms with E-state index in [4.69, 9.17) is 0 Å². The average molecular weight is 185 g/mol. The molecule has 13 heavy (non-hydrogen) atoms. The summed E-state index contributed by atoms with van der Waals surface area (Å²) < 4.78 is 0. The monoisotopic (exact) mass is 185 g/mol. The van der Waals surface area contributed by atoms with Crippen LogP contribution in [0, 0.1) is 5.41 Å². The van der Waals surface area contributed by atoms with E-state index in [0.29, 0.717) is 5.41 Å². The van der Waals surface area contributed by atoms with Gasteiger partial charge < -0.3 is 5.32 Å². The van der Waals surface area contributed by atoms with Crippen molar-refractivity contribution in [3.63, 3.8) is 0 Å². The lowest BCUT2D eigenvalue weighted by Crippen LogP contribution is -2.31. The molecule has 80 valence electrons. The van der Waals surface area contributed by atoms with Crippen molar-refractivity contribution in [2.24, 2.45) is 5.41 Å². The highest BCUT2D eigenvalue weighted by atomic mass is 14.9. The Kier molecular flexibility index (Phi) is 7.35. The molecular formula is C12H27N. The second-order valence-corrected chi connectivity index (χ2v) is 4.40. The maximum absolute atomic E-state index is 3.47. The quantitative estimate of drug-likeness (QED) is 0.570. The standard InChI is InChI=1S/C12H27N/c1-5-8-9-10-12(4,6-2)11-13-7-3/h13H,5-11H2,1-4H3. The van der Waals surface area contributed by atoms with Crippen molar-refractivity contribution in [1.82, 2.24) is 5.32 Å². The normalized spacial score (nSPS) is 15.7. The van der Waals surface area contributed by atoms with Gasteiger partial charge in [0.25, 0.3) is 0 Å². The molecule has 0 rings (SSSR count). The smallest absolute Gasteiger partial charge is 0.000494 e. The van der Waals surface area contributed by atoms with Gasteiger partial charge in [-0.25, -0.2) is 0 Å². The molecule has 0 spiro atoms. The molecule has 0 radical (unpaired) electrons. The summed E-state index contributed by atoms with van der Waals surface area (Å²) >= 11 is 0. The van der Waals surface area contributed by atoms with E-state index in [1.165, 1.54) is 38.6 Å². The molecular weight excluding hydrogens is 158 g/mol. The summed E-state index contributed by atoms with van der Waals surface area (Å²) in [4.78, 5) is 0. The van der Waals surface area contributed by atoms with Crippen molar-refractivity contribution in [3.05, 3.63) is 0 Å². The molecule has 0 bridgehead atoms. The van der Waals surface area contributed by atoms with Crippen molar-refractivity contribution in [2.45, 2.75) is 59.8 Å². The van der Waals surface area contributed by atoms with Crippen LogP contribution in [0.3, 0.4) is 0 Å². The van der Waals surface area contributed by atoms with E-state index in [1.807, 2.05) is 0 Å². The highest BCUT2D eigenvalue weighted by molar-refractivity contribution is 4.74. The molecule has 0 heterocycles. The first-order valence-electron chi connectivity index (χ1n) is 5.89. The number of nitrogens with one attached hydrogen (secondary N) is 1. The van der Waals surface area contributed by atoms with Gasteiger partial charge in [-0.3, -0.25) is 0 Å². The topological polar surface area (TPSA) is 12.0 Å². The van der Waals surface area contributed by atoms with Crippen LogP contribution in [-0.4, -0.2) is 13.1 Å². The van der Waals surface area contributed by atoms with Crippen LogP contribution < -0.4 is 5.32 Å². The fourth-order valence-electron chi connectivity index (χ4n) is 1.62. The molecule has 1 nitrogen and oxygen atoms in total. The largest absolute Gasteiger partial charge is 0.316 e. The summed E-state index contributed by atoms with van der Waals surface area (Å²) in [6.45, 7) is 11.5. The zero-order valence-electron chi connectivity index (χ0n) is 9.95. The van der Waals surface area contributed by atoms with Crippen molar-refractivity contribution in [1.29, 1.82) is 0 Å². The molecule has 1 heteroatoms. The van der Waals surface area contributed by atoms with Gasteiger partial charge in [0.2, 0.25) is 0 Å². The summed E-state index contributed by atoms with van der Waals surface area (Å²) in [5.41, 5.74) is 0.533. The van der Waals surface area contributed by atoms with Crippen LogP contribution in [0.2, 0.25) is 0 Å². The van der Waals surface area contributed by atoms with Gasteiger partial charge in [0.05, 0.1) is 0 Å². The number of unbranched alkanes of at least 4 members (excludes halogenated alkanes) is 2. The molecule has 0 aliphatic carbocycles. The third-order valence-corrected chi connectivity index (χ3v) is 3.04. The molecule has 0 amide bonds. The Morgan fingerprint density at radius 1 is 1.08 bits per heavy atom. The molecule has 1 unspecified atom stereocenters. The van der Waals surface area contributed by atoms with E-state index >= 15 is 0 Å². The molecule has 0 saturated carbocycles. The number of hydrogen-bond acceptors (Lipinski definition) is 1. The van der Waals surface area contributed by atoms with Gasteiger partial charge in [0.15, 0.2) is 0 Å². The summed E-state index contributed by atoms with van der Waals surface area (Å²) in [7, 11) is 0. The lowest BCUT2D eigenvalue weighted by Gasteiger charge is -2.28. The Bertz CT molecular complexity index is 112. The van der Waals surface area contributed by atoms with Gasteiger partial charge in [-0.05, 0) is 24.8 Å². The van der Waals surface area contributed by atoms with Crippen LogP contribution in [0.15, 0.2) is 0 Å². The molecule has 0 aliphatic heterocycles. The minimum Gasteiger partial charge on any atom is -0.316 e. The van der Waals surface area contributed by atoms with Crippen molar-refractivity contribution < 1.29 is 0 Å². The highest BCUT2D eigenvalue weighted by Gasteiger charge is 2.20. The van der Waals surface area contributed by atoms with Crippen LogP contribution in [0.5, 0.6) is 0 Å². The van der Waals surface area contributed by atoms with Crippen molar-refractivity contribution in [2.75, 3.05) is 13.1 Å². The summed E-state index contributed by atoms with van der Waals surface area (Å²) in [6, 6.07) is 0. The van der Waals surface area contributed by atoms with E-state index in [1.54, 1.807) is 0 Å². The fourth-order valence-corrected chi connectivity index (χ4v) is 1.62. The van der Waals surface area contributed by atoms with Crippen LogP contribution in [-0.2, 0) is 0 Å². The first-order chi connectivity index (χ1) is 6.18. The first kappa shape index (κ1) is 13.0. The van der Waals surface area contributed by atoms with Crippen molar-refractivity contribution >= 4 is 0 Å². The van der Waals surface area contributed by atoms with Gasteiger partial charge in [0, 0.05) is 6.54 Å². The molecule has 1 atom stereocenters. The summed E-state index contributed by atoms with van der Waals surface area (Å²) in [5.74, 6) is 0. The Labute approximate surface area is 84.3 Å². The molecule has 0 fully saturated rings. The maximum Gasteiger partial charge on any atom is 0.000494 e.